The van der Waals surface area contributed by atoms with Crippen LogP contribution in [0.3, 0.4) is 0 Å². The molecule has 0 saturated carbocycles. The number of rotatable bonds is 5. The van der Waals surface area contributed by atoms with Crippen LogP contribution in [0, 0.1) is 5.82 Å². The molecule has 0 spiro atoms. The molecular formula is C13H17BrFNO2. The van der Waals surface area contributed by atoms with Gasteiger partial charge in [-0.05, 0) is 41.4 Å². The van der Waals surface area contributed by atoms with Crippen LogP contribution in [0.5, 0.6) is 0 Å². The molecule has 1 rings (SSSR count). The first-order chi connectivity index (χ1) is 8.45. The molecule has 0 fully saturated rings. The number of hydrogen-bond acceptors (Lipinski definition) is 3. The van der Waals surface area contributed by atoms with Gasteiger partial charge < -0.3 is 4.74 Å². The maximum absolute atomic E-state index is 13.4. The summed E-state index contributed by atoms with van der Waals surface area (Å²) < 4.78 is 18.5. The van der Waals surface area contributed by atoms with Gasteiger partial charge in [-0.15, -0.1) is 0 Å². The predicted molar refractivity (Wildman–Crippen MR) is 71.7 cm³/mol. The third kappa shape index (κ3) is 4.07. The van der Waals surface area contributed by atoms with E-state index in [1.165, 1.54) is 13.2 Å². The van der Waals surface area contributed by atoms with Crippen molar-refractivity contribution in [2.75, 3.05) is 13.7 Å². The molecule has 0 unspecified atom stereocenters. The van der Waals surface area contributed by atoms with Gasteiger partial charge in [-0.1, -0.05) is 12.1 Å². The van der Waals surface area contributed by atoms with Gasteiger partial charge in [0.15, 0.2) is 0 Å². The van der Waals surface area contributed by atoms with Gasteiger partial charge in [0.1, 0.15) is 5.82 Å². The molecule has 5 heteroatoms. The standard InChI is InChI=1S/C13H17BrFNO2/c1-9(2)16(8-12(17)18-3)7-10-5-4-6-11(15)13(10)14/h4-6,9H,7-8H2,1-3H3. The van der Waals surface area contributed by atoms with Crippen LogP contribution >= 0.6 is 15.9 Å². The summed E-state index contributed by atoms with van der Waals surface area (Å²) in [6.07, 6.45) is 0. The highest BCUT2D eigenvalue weighted by molar-refractivity contribution is 9.10. The second-order valence-electron chi connectivity index (χ2n) is 4.29. The first-order valence-corrected chi connectivity index (χ1v) is 6.48. The Labute approximate surface area is 115 Å². The van der Waals surface area contributed by atoms with E-state index in [1.54, 1.807) is 6.07 Å². The van der Waals surface area contributed by atoms with E-state index in [0.717, 1.165) is 5.56 Å². The molecule has 3 nitrogen and oxygen atoms in total. The van der Waals surface area contributed by atoms with Crippen molar-refractivity contribution in [3.63, 3.8) is 0 Å². The summed E-state index contributed by atoms with van der Waals surface area (Å²) in [7, 11) is 1.36. The Morgan fingerprint density at radius 2 is 2.17 bits per heavy atom. The molecule has 0 radical (unpaired) electrons. The quantitative estimate of drug-likeness (QED) is 0.782. The van der Waals surface area contributed by atoms with E-state index < -0.39 is 0 Å². The van der Waals surface area contributed by atoms with Gasteiger partial charge >= 0.3 is 5.97 Å². The highest BCUT2D eigenvalue weighted by atomic mass is 79.9. The van der Waals surface area contributed by atoms with Gasteiger partial charge in [0.2, 0.25) is 0 Å². The maximum atomic E-state index is 13.4. The molecule has 0 aliphatic heterocycles. The van der Waals surface area contributed by atoms with Crippen LogP contribution in [-0.2, 0) is 16.1 Å². The number of esters is 1. The zero-order chi connectivity index (χ0) is 13.7. The number of methoxy groups -OCH3 is 1. The smallest absolute Gasteiger partial charge is 0.319 e. The molecule has 1 aromatic rings. The van der Waals surface area contributed by atoms with Crippen molar-refractivity contribution in [3.8, 4) is 0 Å². The van der Waals surface area contributed by atoms with E-state index in [0.29, 0.717) is 11.0 Å². The molecule has 100 valence electrons. The topological polar surface area (TPSA) is 29.5 Å². The van der Waals surface area contributed by atoms with E-state index in [9.17, 15) is 9.18 Å². The summed E-state index contributed by atoms with van der Waals surface area (Å²) in [5, 5.41) is 0. The predicted octanol–water partition coefficient (Wildman–Crippen LogP) is 2.97. The Morgan fingerprint density at radius 3 is 2.72 bits per heavy atom. The number of carbonyl (C=O) groups excluding carboxylic acids is 1. The lowest BCUT2D eigenvalue weighted by Crippen LogP contribution is -2.35. The van der Waals surface area contributed by atoms with Crippen molar-refractivity contribution in [1.82, 2.24) is 4.90 Å². The van der Waals surface area contributed by atoms with Gasteiger partial charge in [-0.3, -0.25) is 9.69 Å². The number of benzene rings is 1. The second kappa shape index (κ2) is 6.85. The summed E-state index contributed by atoms with van der Waals surface area (Å²) >= 11 is 3.22. The average molecular weight is 318 g/mol. The minimum Gasteiger partial charge on any atom is -0.468 e. The lowest BCUT2D eigenvalue weighted by molar-refractivity contribution is -0.142. The Balaban J connectivity index is 2.83. The van der Waals surface area contributed by atoms with Gasteiger partial charge in [-0.25, -0.2) is 4.39 Å². The van der Waals surface area contributed by atoms with Crippen LogP contribution in [0.4, 0.5) is 4.39 Å². The molecule has 0 bridgehead atoms. The van der Waals surface area contributed by atoms with Gasteiger partial charge in [-0.2, -0.15) is 0 Å². The largest absolute Gasteiger partial charge is 0.468 e. The molecular weight excluding hydrogens is 301 g/mol. The average Bonchev–Trinajstić information content (AvgIpc) is 2.33. The first-order valence-electron chi connectivity index (χ1n) is 5.69. The summed E-state index contributed by atoms with van der Waals surface area (Å²) in [6.45, 7) is 4.65. The first kappa shape index (κ1) is 15.1. The number of halogens is 2. The summed E-state index contributed by atoms with van der Waals surface area (Å²) in [6, 6.07) is 5.05. The monoisotopic (exact) mass is 317 g/mol. The Bertz CT molecular complexity index is 423. The van der Waals surface area contributed by atoms with Crippen molar-refractivity contribution in [1.29, 1.82) is 0 Å². The fourth-order valence-electron chi connectivity index (χ4n) is 1.54. The highest BCUT2D eigenvalue weighted by Gasteiger charge is 2.16. The number of ether oxygens (including phenoxy) is 1. The van der Waals surface area contributed by atoms with Crippen molar-refractivity contribution in [3.05, 3.63) is 34.1 Å². The molecule has 1 aromatic carbocycles. The third-order valence-corrected chi connectivity index (χ3v) is 3.58. The Hall–Kier alpha value is -0.940. The van der Waals surface area contributed by atoms with Gasteiger partial charge in [0.05, 0.1) is 18.1 Å². The number of nitrogens with zero attached hydrogens (tertiary/aromatic N) is 1. The third-order valence-electron chi connectivity index (χ3n) is 2.70. The van der Waals surface area contributed by atoms with Crippen molar-refractivity contribution in [2.45, 2.75) is 26.4 Å². The van der Waals surface area contributed by atoms with E-state index in [4.69, 9.17) is 0 Å². The molecule has 0 amide bonds. The van der Waals surface area contributed by atoms with Crippen LogP contribution in [0.25, 0.3) is 0 Å². The SMILES string of the molecule is COC(=O)CN(Cc1cccc(F)c1Br)C(C)C. The molecule has 0 aromatic heterocycles. The van der Waals surface area contributed by atoms with Crippen LogP contribution in [0.2, 0.25) is 0 Å². The van der Waals surface area contributed by atoms with Crippen LogP contribution in [-0.4, -0.2) is 30.6 Å². The summed E-state index contributed by atoms with van der Waals surface area (Å²) in [5.41, 5.74) is 0.813. The minimum absolute atomic E-state index is 0.166. The number of hydrogen-bond donors (Lipinski definition) is 0. The second-order valence-corrected chi connectivity index (χ2v) is 5.08. The van der Waals surface area contributed by atoms with E-state index in [-0.39, 0.29) is 24.4 Å². The zero-order valence-corrected chi connectivity index (χ0v) is 12.3. The molecule has 0 heterocycles. The van der Waals surface area contributed by atoms with E-state index in [1.807, 2.05) is 24.8 Å². The molecule has 0 aliphatic rings. The lowest BCUT2D eigenvalue weighted by atomic mass is 10.2. The van der Waals surface area contributed by atoms with Crippen molar-refractivity contribution < 1.29 is 13.9 Å². The van der Waals surface area contributed by atoms with Crippen LogP contribution < -0.4 is 0 Å². The maximum Gasteiger partial charge on any atom is 0.319 e. The van der Waals surface area contributed by atoms with E-state index in [2.05, 4.69) is 20.7 Å². The molecule has 18 heavy (non-hydrogen) atoms. The minimum atomic E-state index is -0.297. The molecule has 0 N–H and O–H groups in total. The highest BCUT2D eigenvalue weighted by Crippen LogP contribution is 2.22. The summed E-state index contributed by atoms with van der Waals surface area (Å²) in [5.74, 6) is -0.592. The zero-order valence-electron chi connectivity index (χ0n) is 10.7. The lowest BCUT2D eigenvalue weighted by Gasteiger charge is -2.25. The van der Waals surface area contributed by atoms with Gasteiger partial charge in [0.25, 0.3) is 0 Å². The summed E-state index contributed by atoms with van der Waals surface area (Å²) in [4.78, 5) is 13.2. The van der Waals surface area contributed by atoms with Crippen LogP contribution in [0.1, 0.15) is 19.4 Å². The fourth-order valence-corrected chi connectivity index (χ4v) is 1.93. The van der Waals surface area contributed by atoms with Crippen LogP contribution in [0.15, 0.2) is 22.7 Å². The number of carbonyl (C=O) groups is 1. The van der Waals surface area contributed by atoms with Gasteiger partial charge in [0, 0.05) is 12.6 Å². The van der Waals surface area contributed by atoms with Crippen molar-refractivity contribution in [2.24, 2.45) is 0 Å². The molecule has 0 aliphatic carbocycles. The Morgan fingerprint density at radius 1 is 1.50 bits per heavy atom. The normalized spacial score (nSPS) is 11.1. The molecule has 0 atom stereocenters. The van der Waals surface area contributed by atoms with E-state index >= 15 is 0 Å². The van der Waals surface area contributed by atoms with Crippen molar-refractivity contribution >= 4 is 21.9 Å². The molecule has 0 saturated heterocycles. The fraction of sp³-hybridized carbons (Fsp3) is 0.462. The Kier molecular flexibility index (Phi) is 5.75.